The molecule has 0 bridgehead atoms. The molecule has 1 amide bonds. The lowest BCUT2D eigenvalue weighted by Crippen LogP contribution is -2.08. The van der Waals surface area contributed by atoms with Crippen LogP contribution >= 0.6 is 23.2 Å². The number of fused-ring (bicyclic) bond motifs is 1. The summed E-state index contributed by atoms with van der Waals surface area (Å²) in [5.74, 6) is 0.649. The van der Waals surface area contributed by atoms with Crippen molar-refractivity contribution >= 4 is 52.0 Å². The van der Waals surface area contributed by atoms with Gasteiger partial charge in [0.25, 0.3) is 0 Å². The van der Waals surface area contributed by atoms with Crippen molar-refractivity contribution in [3.8, 4) is 11.5 Å². The molecular weight excluding hydrogens is 387 g/mol. The quantitative estimate of drug-likeness (QED) is 0.425. The number of benzene rings is 2. The van der Waals surface area contributed by atoms with Crippen LogP contribution in [0, 0.1) is 0 Å². The second-order valence-electron chi connectivity index (χ2n) is 5.66. The number of aromatic nitrogens is 1. The maximum absolute atomic E-state index is 12.1. The van der Waals surface area contributed by atoms with Gasteiger partial charge in [-0.15, -0.1) is 0 Å². The number of halogens is 2. The number of furan rings is 1. The Morgan fingerprint density at radius 3 is 2.81 bits per heavy atom. The van der Waals surface area contributed by atoms with Crippen molar-refractivity contribution in [2.75, 3.05) is 5.32 Å². The van der Waals surface area contributed by atoms with Crippen LogP contribution in [0.25, 0.3) is 28.6 Å². The molecule has 0 atom stereocenters. The zero-order valence-corrected chi connectivity index (χ0v) is 15.3. The first-order chi connectivity index (χ1) is 13.1. The van der Waals surface area contributed by atoms with E-state index in [9.17, 15) is 4.79 Å². The van der Waals surface area contributed by atoms with Gasteiger partial charge in [-0.25, -0.2) is 4.98 Å². The lowest BCUT2D eigenvalue weighted by atomic mass is 10.2. The molecule has 7 heteroatoms. The maximum Gasteiger partial charge on any atom is 0.248 e. The number of carbonyl (C=O) groups is 1. The van der Waals surface area contributed by atoms with E-state index in [0.29, 0.717) is 44.0 Å². The summed E-state index contributed by atoms with van der Waals surface area (Å²) in [4.78, 5) is 16.6. The minimum atomic E-state index is -0.338. The fourth-order valence-corrected chi connectivity index (χ4v) is 2.83. The van der Waals surface area contributed by atoms with Gasteiger partial charge in [0, 0.05) is 16.7 Å². The molecule has 4 rings (SSSR count). The summed E-state index contributed by atoms with van der Waals surface area (Å²) in [5.41, 5.74) is 2.40. The fourth-order valence-electron chi connectivity index (χ4n) is 2.50. The van der Waals surface area contributed by atoms with Crippen molar-refractivity contribution in [2.24, 2.45) is 0 Å². The first-order valence-electron chi connectivity index (χ1n) is 7.97. The van der Waals surface area contributed by atoms with Crippen LogP contribution in [0.5, 0.6) is 0 Å². The van der Waals surface area contributed by atoms with Crippen LogP contribution in [-0.2, 0) is 4.79 Å². The molecule has 5 nitrogen and oxygen atoms in total. The van der Waals surface area contributed by atoms with Crippen LogP contribution < -0.4 is 5.32 Å². The highest BCUT2D eigenvalue weighted by Crippen LogP contribution is 2.31. The van der Waals surface area contributed by atoms with Crippen LogP contribution in [0.15, 0.2) is 69.7 Å². The molecule has 2 heterocycles. The maximum atomic E-state index is 12.1. The first-order valence-corrected chi connectivity index (χ1v) is 8.73. The molecule has 0 unspecified atom stereocenters. The zero-order chi connectivity index (χ0) is 18.8. The van der Waals surface area contributed by atoms with E-state index in [1.807, 2.05) is 0 Å². The first kappa shape index (κ1) is 17.4. The summed E-state index contributed by atoms with van der Waals surface area (Å²) < 4.78 is 10.9. The molecule has 27 heavy (non-hydrogen) atoms. The van der Waals surface area contributed by atoms with Crippen molar-refractivity contribution in [2.45, 2.75) is 0 Å². The Bertz CT molecular complexity index is 1150. The lowest BCUT2D eigenvalue weighted by molar-refractivity contribution is -0.111. The minimum absolute atomic E-state index is 0.338. The zero-order valence-electron chi connectivity index (χ0n) is 13.8. The monoisotopic (exact) mass is 398 g/mol. The Morgan fingerprint density at radius 2 is 2.00 bits per heavy atom. The highest BCUT2D eigenvalue weighted by Gasteiger charge is 2.12. The SMILES string of the molecule is O=C(C=Cc1ccco1)Nc1cc(-c2nc3cc(Cl)ccc3o2)ccc1Cl. The largest absolute Gasteiger partial charge is 0.465 e. The predicted molar refractivity (Wildman–Crippen MR) is 106 cm³/mol. The van der Waals surface area contributed by atoms with Crippen LogP contribution in [0.2, 0.25) is 10.0 Å². The number of hydrogen-bond acceptors (Lipinski definition) is 4. The van der Waals surface area contributed by atoms with Gasteiger partial charge in [0.15, 0.2) is 5.58 Å². The Balaban J connectivity index is 1.59. The van der Waals surface area contributed by atoms with Crippen LogP contribution in [0.3, 0.4) is 0 Å². The Labute approximate surface area is 164 Å². The summed E-state index contributed by atoms with van der Waals surface area (Å²) in [6.45, 7) is 0. The number of nitrogens with zero attached hydrogens (tertiary/aromatic N) is 1. The van der Waals surface area contributed by atoms with Crippen LogP contribution in [-0.4, -0.2) is 10.9 Å². The molecule has 0 spiro atoms. The summed E-state index contributed by atoms with van der Waals surface area (Å²) in [6, 6.07) is 13.8. The van der Waals surface area contributed by atoms with E-state index in [1.165, 1.54) is 12.3 Å². The molecule has 0 aliphatic rings. The van der Waals surface area contributed by atoms with Gasteiger partial charge in [-0.2, -0.15) is 0 Å². The fraction of sp³-hybridized carbons (Fsp3) is 0. The predicted octanol–water partition coefficient (Wildman–Crippen LogP) is 6.05. The van der Waals surface area contributed by atoms with E-state index in [0.717, 1.165) is 0 Å². The van der Waals surface area contributed by atoms with Gasteiger partial charge in [0.2, 0.25) is 11.8 Å². The summed E-state index contributed by atoms with van der Waals surface area (Å²) in [7, 11) is 0. The third kappa shape index (κ3) is 3.89. The van der Waals surface area contributed by atoms with Crippen molar-refractivity contribution in [3.63, 3.8) is 0 Å². The molecule has 0 aliphatic carbocycles. The molecule has 0 radical (unpaired) electrons. The second kappa shape index (κ2) is 7.31. The van der Waals surface area contributed by atoms with Gasteiger partial charge in [-0.1, -0.05) is 23.2 Å². The highest BCUT2D eigenvalue weighted by molar-refractivity contribution is 6.34. The standard InChI is InChI=1S/C20H12Cl2N2O3/c21-13-4-7-18-17(11-13)24-20(27-18)12-3-6-15(22)16(10-12)23-19(25)8-5-14-2-1-9-26-14/h1-11H,(H,23,25). The number of oxazole rings is 1. The van der Waals surface area contributed by atoms with Gasteiger partial charge in [-0.3, -0.25) is 4.79 Å². The molecule has 0 saturated carbocycles. The average molecular weight is 399 g/mol. The average Bonchev–Trinajstić information content (AvgIpc) is 3.31. The molecular formula is C20H12Cl2N2O3. The molecule has 1 N–H and O–H groups in total. The third-order valence-electron chi connectivity index (χ3n) is 3.76. The molecule has 2 aromatic heterocycles. The van der Waals surface area contributed by atoms with Crippen LogP contribution in [0.4, 0.5) is 5.69 Å². The summed E-state index contributed by atoms with van der Waals surface area (Å²) >= 11 is 12.2. The molecule has 0 aliphatic heterocycles. The Hall–Kier alpha value is -3.02. The molecule has 2 aromatic carbocycles. The highest BCUT2D eigenvalue weighted by atomic mass is 35.5. The van der Waals surface area contributed by atoms with Gasteiger partial charge < -0.3 is 14.2 Å². The van der Waals surface area contributed by atoms with Crippen molar-refractivity contribution < 1.29 is 13.6 Å². The molecule has 0 fully saturated rings. The number of rotatable bonds is 4. The van der Waals surface area contributed by atoms with Gasteiger partial charge in [-0.05, 0) is 54.6 Å². The Kier molecular flexibility index (Phi) is 4.71. The lowest BCUT2D eigenvalue weighted by Gasteiger charge is -2.06. The molecule has 134 valence electrons. The Morgan fingerprint density at radius 1 is 1.11 bits per heavy atom. The number of nitrogens with one attached hydrogen (secondary N) is 1. The number of hydrogen-bond donors (Lipinski definition) is 1. The van der Waals surface area contributed by atoms with E-state index in [-0.39, 0.29) is 5.91 Å². The molecule has 0 saturated heterocycles. The van der Waals surface area contributed by atoms with E-state index in [2.05, 4.69) is 10.3 Å². The van der Waals surface area contributed by atoms with Gasteiger partial charge >= 0.3 is 0 Å². The summed E-state index contributed by atoms with van der Waals surface area (Å²) in [6.07, 6.45) is 4.46. The number of carbonyl (C=O) groups excluding carboxylic acids is 1. The van der Waals surface area contributed by atoms with E-state index in [4.69, 9.17) is 32.0 Å². The van der Waals surface area contributed by atoms with Crippen molar-refractivity contribution in [1.29, 1.82) is 0 Å². The number of amides is 1. The summed E-state index contributed by atoms with van der Waals surface area (Å²) in [5, 5.41) is 3.71. The number of anilines is 1. The second-order valence-corrected chi connectivity index (χ2v) is 6.51. The van der Waals surface area contributed by atoms with Crippen LogP contribution in [0.1, 0.15) is 5.76 Å². The smallest absolute Gasteiger partial charge is 0.248 e. The minimum Gasteiger partial charge on any atom is -0.465 e. The van der Waals surface area contributed by atoms with E-state index < -0.39 is 0 Å². The van der Waals surface area contributed by atoms with Gasteiger partial charge in [0.1, 0.15) is 11.3 Å². The third-order valence-corrected chi connectivity index (χ3v) is 4.33. The normalized spacial score (nSPS) is 11.3. The molecule has 4 aromatic rings. The van der Waals surface area contributed by atoms with Crippen molar-refractivity contribution in [3.05, 3.63) is 76.7 Å². The van der Waals surface area contributed by atoms with Crippen molar-refractivity contribution in [1.82, 2.24) is 4.98 Å². The van der Waals surface area contributed by atoms with E-state index >= 15 is 0 Å². The topological polar surface area (TPSA) is 68.3 Å². The van der Waals surface area contributed by atoms with E-state index in [1.54, 1.807) is 54.6 Å². The van der Waals surface area contributed by atoms with Gasteiger partial charge in [0.05, 0.1) is 17.0 Å².